The van der Waals surface area contributed by atoms with E-state index >= 15 is 0 Å². The summed E-state index contributed by atoms with van der Waals surface area (Å²) < 4.78 is 35.7. The summed E-state index contributed by atoms with van der Waals surface area (Å²) >= 11 is 0. The monoisotopic (exact) mass is 491 g/mol. The Balaban J connectivity index is 1.22. The Kier molecular flexibility index (Phi) is 6.49. The molecule has 3 aromatic carbocycles. The van der Waals surface area contributed by atoms with Crippen molar-refractivity contribution >= 4 is 43.4 Å². The highest BCUT2D eigenvalue weighted by molar-refractivity contribution is 7.89. The van der Waals surface area contributed by atoms with Gasteiger partial charge in [-0.05, 0) is 68.3 Å². The molecule has 182 valence electrons. The fourth-order valence-corrected chi connectivity index (χ4v) is 6.17. The van der Waals surface area contributed by atoms with Gasteiger partial charge in [-0.3, -0.25) is 4.79 Å². The first kappa shape index (κ1) is 23.4. The van der Waals surface area contributed by atoms with Gasteiger partial charge in [0.2, 0.25) is 10.0 Å². The van der Waals surface area contributed by atoms with Gasteiger partial charge in [0.25, 0.3) is 5.91 Å². The predicted molar refractivity (Wildman–Crippen MR) is 138 cm³/mol. The molecule has 0 atom stereocenters. The molecule has 1 aliphatic carbocycles. The molecule has 1 amide bonds. The quantitative estimate of drug-likeness (QED) is 0.361. The van der Waals surface area contributed by atoms with Crippen LogP contribution in [0.4, 0.5) is 5.69 Å². The number of nitrogens with one attached hydrogen (secondary N) is 2. The van der Waals surface area contributed by atoms with E-state index in [4.69, 9.17) is 4.74 Å². The molecule has 8 heteroatoms. The number of carbonyl (C=O) groups is 1. The number of carbonyl (C=O) groups excluding carboxylic acids is 1. The molecular formula is C27H29N3O4S. The molecule has 0 radical (unpaired) electrons. The van der Waals surface area contributed by atoms with E-state index in [0.717, 1.165) is 48.5 Å². The van der Waals surface area contributed by atoms with Crippen LogP contribution >= 0.6 is 0 Å². The zero-order chi connectivity index (χ0) is 24.4. The van der Waals surface area contributed by atoms with E-state index in [2.05, 4.69) is 33.7 Å². The number of benzene rings is 3. The topological polar surface area (TPSA) is 89.4 Å². The summed E-state index contributed by atoms with van der Waals surface area (Å²) in [6.07, 6.45) is 3.86. The largest absolute Gasteiger partial charge is 0.484 e. The highest BCUT2D eigenvalue weighted by Gasteiger charge is 2.22. The molecule has 35 heavy (non-hydrogen) atoms. The number of fused-ring (bicyclic) bond motifs is 3. The lowest BCUT2D eigenvalue weighted by Crippen LogP contribution is -2.32. The molecule has 1 fully saturated rings. The molecule has 0 spiro atoms. The molecule has 4 aromatic rings. The average molecular weight is 492 g/mol. The summed E-state index contributed by atoms with van der Waals surface area (Å²) in [6.45, 7) is 2.80. The van der Waals surface area contributed by atoms with E-state index in [9.17, 15) is 13.2 Å². The first-order valence-electron chi connectivity index (χ1n) is 12.0. The van der Waals surface area contributed by atoms with Crippen molar-refractivity contribution in [3.05, 3.63) is 66.7 Å². The van der Waals surface area contributed by atoms with Gasteiger partial charge in [0, 0.05) is 40.1 Å². The van der Waals surface area contributed by atoms with Crippen molar-refractivity contribution < 1.29 is 17.9 Å². The van der Waals surface area contributed by atoms with Crippen LogP contribution in [0.2, 0.25) is 0 Å². The molecule has 0 bridgehead atoms. The Labute approximate surface area is 205 Å². The number of hydrogen-bond donors (Lipinski definition) is 2. The minimum Gasteiger partial charge on any atom is -0.484 e. The van der Waals surface area contributed by atoms with E-state index in [1.54, 1.807) is 12.1 Å². The normalized spacial score (nSPS) is 14.5. The Hall–Kier alpha value is -3.36. The van der Waals surface area contributed by atoms with Crippen LogP contribution in [0.3, 0.4) is 0 Å². The molecule has 1 saturated carbocycles. The van der Waals surface area contributed by atoms with Crippen LogP contribution in [-0.4, -0.2) is 31.5 Å². The van der Waals surface area contributed by atoms with Gasteiger partial charge in [-0.15, -0.1) is 0 Å². The van der Waals surface area contributed by atoms with Crippen molar-refractivity contribution in [2.75, 3.05) is 11.9 Å². The van der Waals surface area contributed by atoms with Crippen LogP contribution in [-0.2, 0) is 21.4 Å². The van der Waals surface area contributed by atoms with Crippen LogP contribution in [0.25, 0.3) is 21.8 Å². The second kappa shape index (κ2) is 9.71. The van der Waals surface area contributed by atoms with Crippen LogP contribution in [0, 0.1) is 0 Å². The second-order valence-corrected chi connectivity index (χ2v) is 10.6. The number of anilines is 1. The maximum absolute atomic E-state index is 12.5. The van der Waals surface area contributed by atoms with Gasteiger partial charge < -0.3 is 14.6 Å². The standard InChI is InChI=1S/C27H29N3O4S/c1-2-30-25-10-6-5-9-23(25)24-17-20(11-16-26(24)30)28-27(31)18-34-21-12-14-22(15-13-21)35(32,33)29-19-7-3-4-8-19/h5-6,9-17,19,29H,2-4,7-8,18H2,1H3,(H,28,31). The van der Waals surface area contributed by atoms with Crippen molar-refractivity contribution in [1.29, 1.82) is 0 Å². The number of sulfonamides is 1. The molecule has 1 aliphatic rings. The highest BCUT2D eigenvalue weighted by Crippen LogP contribution is 2.31. The number of amides is 1. The Morgan fingerprint density at radius 1 is 0.971 bits per heavy atom. The summed E-state index contributed by atoms with van der Waals surface area (Å²) in [4.78, 5) is 12.7. The maximum Gasteiger partial charge on any atom is 0.262 e. The first-order valence-corrected chi connectivity index (χ1v) is 13.5. The SMILES string of the molecule is CCn1c2ccccc2c2cc(NC(=O)COc3ccc(S(=O)(=O)NC4CCCC4)cc3)ccc21. The number of para-hydroxylation sites is 1. The molecular weight excluding hydrogens is 462 g/mol. The molecule has 0 aliphatic heterocycles. The smallest absolute Gasteiger partial charge is 0.262 e. The van der Waals surface area contributed by atoms with Crippen molar-refractivity contribution in [3.63, 3.8) is 0 Å². The number of nitrogens with zero attached hydrogens (tertiary/aromatic N) is 1. The third-order valence-electron chi connectivity index (χ3n) is 6.55. The summed E-state index contributed by atoms with van der Waals surface area (Å²) in [5, 5.41) is 5.13. The number of aryl methyl sites for hydroxylation is 1. The maximum atomic E-state index is 12.5. The average Bonchev–Trinajstić information content (AvgIpc) is 3.48. The van der Waals surface area contributed by atoms with E-state index in [1.807, 2.05) is 30.3 Å². The molecule has 1 aromatic heterocycles. The van der Waals surface area contributed by atoms with Crippen LogP contribution in [0.1, 0.15) is 32.6 Å². The van der Waals surface area contributed by atoms with Gasteiger partial charge in [0.1, 0.15) is 5.75 Å². The Bertz CT molecular complexity index is 1470. The van der Waals surface area contributed by atoms with Gasteiger partial charge in [0.05, 0.1) is 4.90 Å². The zero-order valence-corrected chi connectivity index (χ0v) is 20.5. The molecule has 5 rings (SSSR count). The van der Waals surface area contributed by atoms with Crippen molar-refractivity contribution in [3.8, 4) is 5.75 Å². The van der Waals surface area contributed by atoms with Gasteiger partial charge in [-0.2, -0.15) is 0 Å². The van der Waals surface area contributed by atoms with Gasteiger partial charge >= 0.3 is 0 Å². The minimum absolute atomic E-state index is 0.0114. The van der Waals surface area contributed by atoms with Crippen molar-refractivity contribution in [2.24, 2.45) is 0 Å². The van der Waals surface area contributed by atoms with Crippen LogP contribution < -0.4 is 14.8 Å². The Morgan fingerprint density at radius 2 is 1.69 bits per heavy atom. The van der Waals surface area contributed by atoms with Crippen LogP contribution in [0.5, 0.6) is 5.75 Å². The lowest BCUT2D eigenvalue weighted by Gasteiger charge is -2.13. The summed E-state index contributed by atoms with van der Waals surface area (Å²) in [7, 11) is -3.55. The fraction of sp³-hybridized carbons (Fsp3) is 0.296. The Morgan fingerprint density at radius 3 is 2.43 bits per heavy atom. The van der Waals surface area contributed by atoms with Gasteiger partial charge in [-0.25, -0.2) is 13.1 Å². The summed E-state index contributed by atoms with van der Waals surface area (Å²) in [5.74, 6) is 0.143. The first-order chi connectivity index (χ1) is 16.9. The molecule has 2 N–H and O–H groups in total. The number of ether oxygens (including phenoxy) is 1. The molecule has 7 nitrogen and oxygen atoms in total. The minimum atomic E-state index is -3.55. The highest BCUT2D eigenvalue weighted by atomic mass is 32.2. The van der Waals surface area contributed by atoms with E-state index in [0.29, 0.717) is 11.4 Å². The summed E-state index contributed by atoms with van der Waals surface area (Å²) in [5.41, 5.74) is 2.99. The molecule has 0 unspecified atom stereocenters. The van der Waals surface area contributed by atoms with E-state index < -0.39 is 10.0 Å². The lowest BCUT2D eigenvalue weighted by atomic mass is 10.1. The summed E-state index contributed by atoms with van der Waals surface area (Å²) in [6, 6.07) is 20.3. The van der Waals surface area contributed by atoms with E-state index in [1.165, 1.54) is 17.6 Å². The zero-order valence-electron chi connectivity index (χ0n) is 19.7. The number of rotatable bonds is 8. The third kappa shape index (κ3) is 4.90. The predicted octanol–water partition coefficient (Wildman–Crippen LogP) is 5.05. The van der Waals surface area contributed by atoms with Gasteiger partial charge in [0.15, 0.2) is 6.61 Å². The third-order valence-corrected chi connectivity index (χ3v) is 8.09. The van der Waals surface area contributed by atoms with E-state index in [-0.39, 0.29) is 23.5 Å². The fourth-order valence-electron chi connectivity index (χ4n) is 4.86. The number of aromatic nitrogens is 1. The van der Waals surface area contributed by atoms with Gasteiger partial charge in [-0.1, -0.05) is 31.0 Å². The van der Waals surface area contributed by atoms with Crippen molar-refractivity contribution in [2.45, 2.75) is 50.1 Å². The van der Waals surface area contributed by atoms with Crippen LogP contribution in [0.15, 0.2) is 71.6 Å². The lowest BCUT2D eigenvalue weighted by molar-refractivity contribution is -0.118. The molecule has 0 saturated heterocycles. The molecule has 1 heterocycles. The second-order valence-electron chi connectivity index (χ2n) is 8.90. The number of hydrogen-bond acceptors (Lipinski definition) is 4. The van der Waals surface area contributed by atoms with Crippen molar-refractivity contribution in [1.82, 2.24) is 9.29 Å².